The Morgan fingerprint density at radius 3 is 2.47 bits per heavy atom. The standard InChI is InChI=1S/C15H30N2O2/c1-4-7-15(11-16,8-5-2)14(18)17-13-6-9-19-12(3)10-13/h12-13H,4-11,16H2,1-3H3,(H,17,18). The van der Waals surface area contributed by atoms with Crippen LogP contribution in [0.25, 0.3) is 0 Å². The van der Waals surface area contributed by atoms with Crippen LogP contribution in [0.2, 0.25) is 0 Å². The lowest BCUT2D eigenvalue weighted by atomic mass is 9.78. The molecule has 0 radical (unpaired) electrons. The number of hydrogen-bond donors (Lipinski definition) is 2. The monoisotopic (exact) mass is 270 g/mol. The number of hydrogen-bond acceptors (Lipinski definition) is 3. The molecule has 0 aromatic carbocycles. The Balaban J connectivity index is 2.65. The van der Waals surface area contributed by atoms with Crippen LogP contribution in [0.15, 0.2) is 0 Å². The lowest BCUT2D eigenvalue weighted by Crippen LogP contribution is -2.51. The molecule has 4 heteroatoms. The van der Waals surface area contributed by atoms with Gasteiger partial charge in [-0.1, -0.05) is 26.7 Å². The molecule has 0 aliphatic carbocycles. The summed E-state index contributed by atoms with van der Waals surface area (Å²) in [7, 11) is 0. The van der Waals surface area contributed by atoms with Gasteiger partial charge in [0.25, 0.3) is 0 Å². The Morgan fingerprint density at radius 1 is 1.37 bits per heavy atom. The van der Waals surface area contributed by atoms with E-state index in [0.717, 1.165) is 45.1 Å². The molecule has 1 saturated heterocycles. The van der Waals surface area contributed by atoms with Gasteiger partial charge in [0.2, 0.25) is 5.91 Å². The highest BCUT2D eigenvalue weighted by Gasteiger charge is 2.36. The summed E-state index contributed by atoms with van der Waals surface area (Å²) in [6.07, 6.45) is 5.80. The smallest absolute Gasteiger partial charge is 0.227 e. The zero-order chi connectivity index (χ0) is 14.3. The molecule has 0 aromatic heterocycles. The Kier molecular flexibility index (Phi) is 6.80. The van der Waals surface area contributed by atoms with Crippen molar-refractivity contribution in [2.75, 3.05) is 13.2 Å². The predicted octanol–water partition coefficient (Wildman–Crippen LogP) is 2.22. The third kappa shape index (κ3) is 4.46. The molecule has 0 saturated carbocycles. The van der Waals surface area contributed by atoms with Crippen molar-refractivity contribution >= 4 is 5.91 Å². The van der Waals surface area contributed by atoms with E-state index in [9.17, 15) is 4.79 Å². The molecule has 112 valence electrons. The van der Waals surface area contributed by atoms with Gasteiger partial charge in [0, 0.05) is 19.2 Å². The van der Waals surface area contributed by atoms with Crippen LogP contribution >= 0.6 is 0 Å². The van der Waals surface area contributed by atoms with E-state index < -0.39 is 0 Å². The zero-order valence-electron chi connectivity index (χ0n) is 12.7. The van der Waals surface area contributed by atoms with Gasteiger partial charge in [-0.05, 0) is 32.6 Å². The number of nitrogens with two attached hydrogens (primary N) is 1. The van der Waals surface area contributed by atoms with Crippen molar-refractivity contribution in [3.8, 4) is 0 Å². The third-order valence-corrected chi connectivity index (χ3v) is 4.15. The van der Waals surface area contributed by atoms with E-state index >= 15 is 0 Å². The number of nitrogens with one attached hydrogen (secondary N) is 1. The van der Waals surface area contributed by atoms with Crippen LogP contribution in [0, 0.1) is 5.41 Å². The molecule has 19 heavy (non-hydrogen) atoms. The van der Waals surface area contributed by atoms with Crippen molar-refractivity contribution in [2.45, 2.75) is 71.4 Å². The van der Waals surface area contributed by atoms with Crippen molar-refractivity contribution in [1.29, 1.82) is 0 Å². The van der Waals surface area contributed by atoms with E-state index in [-0.39, 0.29) is 23.5 Å². The molecule has 1 aliphatic heterocycles. The first-order valence-electron chi connectivity index (χ1n) is 7.70. The first-order chi connectivity index (χ1) is 9.07. The molecular weight excluding hydrogens is 240 g/mol. The second-order valence-corrected chi connectivity index (χ2v) is 5.86. The SMILES string of the molecule is CCCC(CN)(CCC)C(=O)NC1CCOC(C)C1. The average Bonchev–Trinajstić information content (AvgIpc) is 2.38. The second-order valence-electron chi connectivity index (χ2n) is 5.86. The molecule has 2 unspecified atom stereocenters. The lowest BCUT2D eigenvalue weighted by molar-refractivity contribution is -0.133. The summed E-state index contributed by atoms with van der Waals surface area (Å²) in [6, 6.07) is 0.246. The van der Waals surface area contributed by atoms with Crippen LogP contribution < -0.4 is 11.1 Å². The fraction of sp³-hybridized carbons (Fsp3) is 0.933. The molecule has 1 heterocycles. The van der Waals surface area contributed by atoms with Crippen molar-refractivity contribution < 1.29 is 9.53 Å². The zero-order valence-corrected chi connectivity index (χ0v) is 12.7. The summed E-state index contributed by atoms with van der Waals surface area (Å²) in [4.78, 5) is 12.6. The van der Waals surface area contributed by atoms with Gasteiger partial charge in [0.05, 0.1) is 11.5 Å². The molecular formula is C15H30N2O2. The molecule has 2 atom stereocenters. The van der Waals surface area contributed by atoms with Gasteiger partial charge >= 0.3 is 0 Å². The maximum Gasteiger partial charge on any atom is 0.227 e. The second kappa shape index (κ2) is 7.85. The first kappa shape index (κ1) is 16.4. The van der Waals surface area contributed by atoms with Gasteiger partial charge < -0.3 is 15.8 Å². The fourth-order valence-electron chi connectivity index (χ4n) is 3.07. The summed E-state index contributed by atoms with van der Waals surface area (Å²) < 4.78 is 5.52. The number of rotatable bonds is 7. The third-order valence-electron chi connectivity index (χ3n) is 4.15. The molecule has 1 rings (SSSR count). The lowest BCUT2D eigenvalue weighted by Gasteiger charge is -2.35. The van der Waals surface area contributed by atoms with Gasteiger partial charge in [-0.15, -0.1) is 0 Å². The highest BCUT2D eigenvalue weighted by molar-refractivity contribution is 5.83. The minimum Gasteiger partial charge on any atom is -0.378 e. The summed E-state index contributed by atoms with van der Waals surface area (Å²) in [5, 5.41) is 3.21. The Labute approximate surface area is 117 Å². The maximum atomic E-state index is 12.6. The summed E-state index contributed by atoms with van der Waals surface area (Å²) in [5.41, 5.74) is 5.56. The summed E-state index contributed by atoms with van der Waals surface area (Å²) in [6.45, 7) is 7.48. The van der Waals surface area contributed by atoms with Crippen LogP contribution in [0.5, 0.6) is 0 Å². The number of carbonyl (C=O) groups is 1. The molecule has 1 fully saturated rings. The largest absolute Gasteiger partial charge is 0.378 e. The molecule has 0 aromatic rings. The van der Waals surface area contributed by atoms with Crippen LogP contribution in [0.1, 0.15) is 59.3 Å². The molecule has 1 amide bonds. The highest BCUT2D eigenvalue weighted by Crippen LogP contribution is 2.29. The highest BCUT2D eigenvalue weighted by atomic mass is 16.5. The van der Waals surface area contributed by atoms with Crippen LogP contribution in [0.4, 0.5) is 0 Å². The van der Waals surface area contributed by atoms with Crippen LogP contribution in [-0.2, 0) is 9.53 Å². The summed E-state index contributed by atoms with van der Waals surface area (Å²) >= 11 is 0. The quantitative estimate of drug-likeness (QED) is 0.745. The molecule has 3 N–H and O–H groups in total. The number of ether oxygens (including phenoxy) is 1. The van der Waals surface area contributed by atoms with Crippen molar-refractivity contribution in [1.82, 2.24) is 5.32 Å². The topological polar surface area (TPSA) is 64.4 Å². The van der Waals surface area contributed by atoms with Crippen LogP contribution in [-0.4, -0.2) is 31.2 Å². The normalized spacial score (nSPS) is 24.2. The summed E-state index contributed by atoms with van der Waals surface area (Å²) in [5.74, 6) is 0.151. The Bertz CT molecular complexity index is 275. The number of amides is 1. The van der Waals surface area contributed by atoms with E-state index in [4.69, 9.17) is 10.5 Å². The van der Waals surface area contributed by atoms with E-state index in [1.807, 2.05) is 0 Å². The van der Waals surface area contributed by atoms with Gasteiger partial charge in [-0.2, -0.15) is 0 Å². The molecule has 1 aliphatic rings. The van der Waals surface area contributed by atoms with E-state index in [2.05, 4.69) is 26.1 Å². The average molecular weight is 270 g/mol. The molecule has 0 spiro atoms. The van der Waals surface area contributed by atoms with E-state index in [1.165, 1.54) is 0 Å². The Hall–Kier alpha value is -0.610. The van der Waals surface area contributed by atoms with Crippen LogP contribution in [0.3, 0.4) is 0 Å². The van der Waals surface area contributed by atoms with Gasteiger partial charge in [0.15, 0.2) is 0 Å². The molecule has 4 nitrogen and oxygen atoms in total. The minimum absolute atomic E-state index is 0.151. The maximum absolute atomic E-state index is 12.6. The van der Waals surface area contributed by atoms with Crippen molar-refractivity contribution in [2.24, 2.45) is 11.1 Å². The minimum atomic E-state index is -0.370. The molecule has 0 bridgehead atoms. The van der Waals surface area contributed by atoms with E-state index in [1.54, 1.807) is 0 Å². The predicted molar refractivity (Wildman–Crippen MR) is 77.9 cm³/mol. The Morgan fingerprint density at radius 2 is 2.00 bits per heavy atom. The first-order valence-corrected chi connectivity index (χ1v) is 7.70. The van der Waals surface area contributed by atoms with Crippen molar-refractivity contribution in [3.63, 3.8) is 0 Å². The van der Waals surface area contributed by atoms with Gasteiger partial charge in [-0.25, -0.2) is 0 Å². The van der Waals surface area contributed by atoms with Crippen molar-refractivity contribution in [3.05, 3.63) is 0 Å². The van der Waals surface area contributed by atoms with Gasteiger partial charge in [0.1, 0.15) is 0 Å². The number of carbonyl (C=O) groups excluding carboxylic acids is 1. The van der Waals surface area contributed by atoms with Gasteiger partial charge in [-0.3, -0.25) is 4.79 Å². The van der Waals surface area contributed by atoms with E-state index in [0.29, 0.717) is 6.54 Å². The fourth-order valence-corrected chi connectivity index (χ4v) is 3.07.